The number of phenolic OH excluding ortho intramolecular Hbond substituents is 1. The number of fused-ring (bicyclic) bond motifs is 1. The Labute approximate surface area is 171 Å². The third-order valence-corrected chi connectivity index (χ3v) is 4.36. The molecule has 3 rings (SSSR count). The number of anilines is 1. The van der Waals surface area contributed by atoms with Gasteiger partial charge in [0.15, 0.2) is 0 Å². The number of halogens is 1. The van der Waals surface area contributed by atoms with E-state index in [0.29, 0.717) is 39.7 Å². The second kappa shape index (κ2) is 8.66. The number of carbonyl (C=O) groups is 2. The average molecular weight is 415 g/mol. The number of phenols is 1. The van der Waals surface area contributed by atoms with Crippen molar-refractivity contribution in [3.8, 4) is 17.2 Å². The lowest BCUT2D eigenvalue weighted by Gasteiger charge is -2.12. The first-order valence-electron chi connectivity index (χ1n) is 8.79. The molecule has 150 valence electrons. The highest BCUT2D eigenvalue weighted by Crippen LogP contribution is 2.35. The van der Waals surface area contributed by atoms with Crippen LogP contribution in [0.2, 0.25) is 5.02 Å². The van der Waals surface area contributed by atoms with Crippen LogP contribution in [0.3, 0.4) is 0 Å². The Morgan fingerprint density at radius 2 is 2.00 bits per heavy atom. The highest BCUT2D eigenvalue weighted by Gasteiger charge is 2.15. The largest absolute Gasteiger partial charge is 0.507 e. The number of urea groups is 1. The zero-order valence-corrected chi connectivity index (χ0v) is 16.5. The molecule has 29 heavy (non-hydrogen) atoms. The molecule has 1 heterocycles. The zero-order valence-electron chi connectivity index (χ0n) is 15.7. The second-order valence-electron chi connectivity index (χ2n) is 6.00. The summed E-state index contributed by atoms with van der Waals surface area (Å²) in [7, 11) is 1.50. The number of pyridine rings is 1. The van der Waals surface area contributed by atoms with E-state index in [1.807, 2.05) is 0 Å². The van der Waals surface area contributed by atoms with Gasteiger partial charge in [-0.25, -0.2) is 4.79 Å². The molecule has 0 radical (unpaired) electrons. The van der Waals surface area contributed by atoms with E-state index in [1.165, 1.54) is 25.4 Å². The molecule has 9 heteroatoms. The molecule has 2 aromatic carbocycles. The van der Waals surface area contributed by atoms with Crippen molar-refractivity contribution in [1.82, 2.24) is 15.6 Å². The van der Waals surface area contributed by atoms with Gasteiger partial charge in [-0.2, -0.15) is 0 Å². The Morgan fingerprint density at radius 1 is 1.21 bits per heavy atom. The third kappa shape index (κ3) is 4.49. The Kier molecular flexibility index (Phi) is 6.04. The number of nitrogens with one attached hydrogen (secondary N) is 3. The minimum Gasteiger partial charge on any atom is -0.507 e. The van der Waals surface area contributed by atoms with Crippen molar-refractivity contribution in [3.05, 3.63) is 53.2 Å². The van der Waals surface area contributed by atoms with Gasteiger partial charge < -0.3 is 25.8 Å². The summed E-state index contributed by atoms with van der Waals surface area (Å²) in [5.74, 6) is 0.302. The lowest BCUT2D eigenvalue weighted by atomic mass is 10.1. The average Bonchev–Trinajstić information content (AvgIpc) is 2.69. The maximum Gasteiger partial charge on any atom is 0.319 e. The molecule has 0 unspecified atom stereocenters. The lowest BCUT2D eigenvalue weighted by molar-refractivity contribution is 0.0953. The quantitative estimate of drug-likeness (QED) is 0.506. The van der Waals surface area contributed by atoms with Crippen LogP contribution in [0.15, 0.2) is 42.6 Å². The van der Waals surface area contributed by atoms with Crippen LogP contribution >= 0.6 is 11.6 Å². The number of rotatable bonds is 5. The van der Waals surface area contributed by atoms with Gasteiger partial charge in [0.2, 0.25) is 0 Å². The van der Waals surface area contributed by atoms with E-state index < -0.39 is 11.9 Å². The summed E-state index contributed by atoms with van der Waals surface area (Å²) >= 11 is 6.22. The molecular weight excluding hydrogens is 396 g/mol. The summed E-state index contributed by atoms with van der Waals surface area (Å²) in [5, 5.41) is 18.7. The van der Waals surface area contributed by atoms with Gasteiger partial charge in [0, 0.05) is 37.3 Å². The second-order valence-corrected chi connectivity index (χ2v) is 6.41. The molecule has 0 bridgehead atoms. The molecule has 0 saturated heterocycles. The highest BCUT2D eigenvalue weighted by molar-refractivity contribution is 6.33. The number of aromatic hydroxyl groups is 1. The normalized spacial score (nSPS) is 10.4. The summed E-state index contributed by atoms with van der Waals surface area (Å²) in [5.41, 5.74) is 1.03. The molecule has 0 fully saturated rings. The lowest BCUT2D eigenvalue weighted by Crippen LogP contribution is -2.24. The van der Waals surface area contributed by atoms with Crippen LogP contribution < -0.4 is 20.7 Å². The molecular formula is C20H19ClN4O4. The van der Waals surface area contributed by atoms with Crippen molar-refractivity contribution in [1.29, 1.82) is 0 Å². The monoisotopic (exact) mass is 414 g/mol. The van der Waals surface area contributed by atoms with Crippen molar-refractivity contribution in [2.24, 2.45) is 0 Å². The molecule has 4 N–H and O–H groups in total. The van der Waals surface area contributed by atoms with Crippen LogP contribution in [0.1, 0.15) is 17.3 Å². The fraction of sp³-hybridized carbons (Fsp3) is 0.150. The van der Waals surface area contributed by atoms with Crippen LogP contribution in [0.25, 0.3) is 10.9 Å². The van der Waals surface area contributed by atoms with Crippen LogP contribution in [-0.4, -0.2) is 35.6 Å². The van der Waals surface area contributed by atoms with E-state index in [-0.39, 0.29) is 11.3 Å². The topological polar surface area (TPSA) is 113 Å². The number of aromatic nitrogens is 1. The summed E-state index contributed by atoms with van der Waals surface area (Å²) in [6, 6.07) is 9.02. The molecule has 0 saturated carbocycles. The van der Waals surface area contributed by atoms with Crippen LogP contribution in [0, 0.1) is 0 Å². The molecule has 3 amide bonds. The van der Waals surface area contributed by atoms with Crippen molar-refractivity contribution in [3.63, 3.8) is 0 Å². The van der Waals surface area contributed by atoms with Crippen molar-refractivity contribution >= 4 is 40.1 Å². The van der Waals surface area contributed by atoms with E-state index in [9.17, 15) is 14.7 Å². The summed E-state index contributed by atoms with van der Waals surface area (Å²) in [6.45, 7) is 2.22. The molecule has 0 spiro atoms. The van der Waals surface area contributed by atoms with E-state index in [1.54, 1.807) is 31.2 Å². The SMILES string of the molecule is CCNC(=O)c1cc2c(Oc3ccc(NC(=O)NC)c(Cl)c3)ccnc2cc1O. The maximum atomic E-state index is 12.2. The third-order valence-electron chi connectivity index (χ3n) is 4.04. The van der Waals surface area contributed by atoms with Crippen molar-refractivity contribution in [2.75, 3.05) is 18.9 Å². The highest BCUT2D eigenvalue weighted by atomic mass is 35.5. The first-order valence-corrected chi connectivity index (χ1v) is 9.16. The van der Waals surface area contributed by atoms with Crippen molar-refractivity contribution < 1.29 is 19.4 Å². The van der Waals surface area contributed by atoms with Gasteiger partial charge in [0.1, 0.15) is 17.2 Å². The number of ether oxygens (including phenoxy) is 1. The predicted octanol–water partition coefficient (Wildman–Crippen LogP) is 3.89. The molecule has 0 aliphatic heterocycles. The molecule has 3 aromatic rings. The van der Waals surface area contributed by atoms with Crippen LogP contribution in [-0.2, 0) is 0 Å². The van der Waals surface area contributed by atoms with E-state index in [4.69, 9.17) is 16.3 Å². The van der Waals surface area contributed by atoms with Gasteiger partial charge >= 0.3 is 6.03 Å². The van der Waals surface area contributed by atoms with Gasteiger partial charge in [0.05, 0.1) is 21.8 Å². The van der Waals surface area contributed by atoms with Gasteiger partial charge in [-0.3, -0.25) is 9.78 Å². The Balaban J connectivity index is 1.95. The summed E-state index contributed by atoms with van der Waals surface area (Å²) in [4.78, 5) is 27.8. The Hall–Kier alpha value is -3.52. The molecule has 0 atom stereocenters. The number of benzene rings is 2. The maximum absolute atomic E-state index is 12.2. The standard InChI is InChI=1S/C20H19ClN4O4/c1-3-23-19(27)13-9-12-16(10-17(13)26)24-7-6-18(12)29-11-4-5-15(14(21)8-11)25-20(28)22-2/h4-10,26H,3H2,1-2H3,(H,23,27)(H2,22,25,28). The van der Waals surface area contributed by atoms with Crippen LogP contribution in [0.4, 0.5) is 10.5 Å². The first-order chi connectivity index (χ1) is 13.9. The van der Waals surface area contributed by atoms with E-state index in [2.05, 4.69) is 20.9 Å². The number of hydrogen-bond donors (Lipinski definition) is 4. The van der Waals surface area contributed by atoms with Gasteiger partial charge in [-0.05, 0) is 31.2 Å². The molecule has 8 nitrogen and oxygen atoms in total. The summed E-state index contributed by atoms with van der Waals surface area (Å²) < 4.78 is 5.93. The zero-order chi connectivity index (χ0) is 21.0. The first kappa shape index (κ1) is 20.2. The van der Waals surface area contributed by atoms with Crippen molar-refractivity contribution in [2.45, 2.75) is 6.92 Å². The minimum absolute atomic E-state index is 0.125. The fourth-order valence-electron chi connectivity index (χ4n) is 2.66. The van der Waals surface area contributed by atoms with Gasteiger partial charge in [-0.15, -0.1) is 0 Å². The number of amides is 3. The van der Waals surface area contributed by atoms with E-state index in [0.717, 1.165) is 0 Å². The smallest absolute Gasteiger partial charge is 0.319 e. The Bertz CT molecular complexity index is 1090. The van der Waals surface area contributed by atoms with Crippen LogP contribution in [0.5, 0.6) is 17.2 Å². The summed E-state index contributed by atoms with van der Waals surface area (Å²) in [6.07, 6.45) is 1.53. The molecule has 0 aliphatic rings. The fourth-order valence-corrected chi connectivity index (χ4v) is 2.87. The Morgan fingerprint density at radius 3 is 2.69 bits per heavy atom. The van der Waals surface area contributed by atoms with E-state index >= 15 is 0 Å². The predicted molar refractivity (Wildman–Crippen MR) is 111 cm³/mol. The number of nitrogens with zero attached hydrogens (tertiary/aromatic N) is 1. The molecule has 1 aromatic heterocycles. The number of hydrogen-bond acceptors (Lipinski definition) is 5. The number of carbonyl (C=O) groups excluding carboxylic acids is 2. The minimum atomic E-state index is -0.394. The van der Waals surface area contributed by atoms with Gasteiger partial charge in [0.25, 0.3) is 5.91 Å². The molecule has 0 aliphatic carbocycles. The van der Waals surface area contributed by atoms with Gasteiger partial charge in [-0.1, -0.05) is 11.6 Å².